The Balaban J connectivity index is 1.83. The van der Waals surface area contributed by atoms with Crippen LogP contribution in [0.25, 0.3) is 0 Å². The molecule has 0 saturated heterocycles. The van der Waals surface area contributed by atoms with Crippen LogP contribution in [0.4, 0.5) is 23.7 Å². The van der Waals surface area contributed by atoms with Gasteiger partial charge in [-0.3, -0.25) is 0 Å². The van der Waals surface area contributed by atoms with Crippen LogP contribution in [0.1, 0.15) is 18.4 Å². The summed E-state index contributed by atoms with van der Waals surface area (Å²) in [5, 5.41) is 7.93. The first-order valence-corrected chi connectivity index (χ1v) is 6.41. The van der Waals surface area contributed by atoms with Crippen molar-refractivity contribution >= 4 is 11.7 Å². The lowest BCUT2D eigenvalue weighted by Gasteiger charge is -2.14. The molecule has 0 spiro atoms. The largest absolute Gasteiger partial charge is 0.418 e. The quantitative estimate of drug-likeness (QED) is 0.729. The zero-order valence-corrected chi connectivity index (χ0v) is 10.8. The molecule has 110 valence electrons. The number of amides is 2. The summed E-state index contributed by atoms with van der Waals surface area (Å²) in [6.45, 7) is 0.982. The molecule has 4 nitrogen and oxygen atoms in total. The van der Waals surface area contributed by atoms with Gasteiger partial charge in [0.05, 0.1) is 11.3 Å². The predicted molar refractivity (Wildman–Crippen MR) is 69.5 cm³/mol. The predicted octanol–water partition coefficient (Wildman–Crippen LogP) is 2.58. The van der Waals surface area contributed by atoms with Gasteiger partial charge < -0.3 is 16.0 Å². The number of hydrogen-bond donors (Lipinski definition) is 3. The SMILES string of the molecule is O=C(NCCNC1CC1)Nc1ccccc1C(F)(F)F. The Labute approximate surface area is 114 Å². The number of para-hydroxylation sites is 1. The van der Waals surface area contributed by atoms with Crippen LogP contribution < -0.4 is 16.0 Å². The third-order valence-corrected chi connectivity index (χ3v) is 2.90. The van der Waals surface area contributed by atoms with Gasteiger partial charge in [-0.15, -0.1) is 0 Å². The molecule has 0 unspecified atom stereocenters. The molecule has 2 rings (SSSR count). The molecule has 1 aromatic carbocycles. The minimum absolute atomic E-state index is 0.243. The second kappa shape index (κ2) is 6.13. The van der Waals surface area contributed by atoms with Crippen LogP contribution in [-0.4, -0.2) is 25.2 Å². The molecule has 0 aromatic heterocycles. The maximum Gasteiger partial charge on any atom is 0.418 e. The molecule has 1 aliphatic rings. The van der Waals surface area contributed by atoms with E-state index in [0.29, 0.717) is 19.1 Å². The van der Waals surface area contributed by atoms with Gasteiger partial charge in [-0.05, 0) is 25.0 Å². The Bertz CT molecular complexity index is 472. The molecule has 0 heterocycles. The number of alkyl halides is 3. The summed E-state index contributed by atoms with van der Waals surface area (Å²) in [5.74, 6) is 0. The number of benzene rings is 1. The van der Waals surface area contributed by atoms with Crippen LogP contribution >= 0.6 is 0 Å². The van der Waals surface area contributed by atoms with E-state index in [-0.39, 0.29) is 5.69 Å². The molecule has 2 amide bonds. The second-order valence-corrected chi connectivity index (χ2v) is 4.65. The minimum Gasteiger partial charge on any atom is -0.337 e. The van der Waals surface area contributed by atoms with Crippen LogP contribution in [0.5, 0.6) is 0 Å². The van der Waals surface area contributed by atoms with E-state index in [1.807, 2.05) is 0 Å². The van der Waals surface area contributed by atoms with Gasteiger partial charge in [-0.1, -0.05) is 12.1 Å². The summed E-state index contributed by atoms with van der Waals surface area (Å²) in [5.41, 5.74) is -1.10. The summed E-state index contributed by atoms with van der Waals surface area (Å²) in [4.78, 5) is 11.5. The summed E-state index contributed by atoms with van der Waals surface area (Å²) in [6.07, 6.45) is -2.20. The van der Waals surface area contributed by atoms with Gasteiger partial charge in [0.25, 0.3) is 0 Å². The summed E-state index contributed by atoms with van der Waals surface area (Å²) >= 11 is 0. The Morgan fingerprint density at radius 3 is 2.55 bits per heavy atom. The lowest BCUT2D eigenvalue weighted by molar-refractivity contribution is -0.136. The lowest BCUT2D eigenvalue weighted by atomic mass is 10.1. The minimum atomic E-state index is -4.49. The summed E-state index contributed by atoms with van der Waals surface area (Å²) in [6, 6.07) is 4.78. The number of anilines is 1. The van der Waals surface area contributed by atoms with Gasteiger partial charge in [0.15, 0.2) is 0 Å². The first kappa shape index (κ1) is 14.6. The van der Waals surface area contributed by atoms with E-state index in [9.17, 15) is 18.0 Å². The molecule has 0 aliphatic heterocycles. The average Bonchev–Trinajstić information content (AvgIpc) is 3.18. The number of hydrogen-bond acceptors (Lipinski definition) is 2. The molecule has 0 bridgehead atoms. The number of urea groups is 1. The zero-order chi connectivity index (χ0) is 14.6. The van der Waals surface area contributed by atoms with Gasteiger partial charge >= 0.3 is 12.2 Å². The summed E-state index contributed by atoms with van der Waals surface area (Å²) < 4.78 is 38.2. The van der Waals surface area contributed by atoms with E-state index in [0.717, 1.165) is 18.9 Å². The van der Waals surface area contributed by atoms with Crippen molar-refractivity contribution in [3.05, 3.63) is 29.8 Å². The van der Waals surface area contributed by atoms with Crippen LogP contribution in [0.15, 0.2) is 24.3 Å². The van der Waals surface area contributed by atoms with Crippen molar-refractivity contribution in [1.82, 2.24) is 10.6 Å². The fourth-order valence-corrected chi connectivity index (χ4v) is 1.75. The maximum atomic E-state index is 12.7. The normalized spacial score (nSPS) is 14.9. The van der Waals surface area contributed by atoms with Gasteiger partial charge in [0.1, 0.15) is 0 Å². The molecule has 20 heavy (non-hydrogen) atoms. The smallest absolute Gasteiger partial charge is 0.337 e. The number of nitrogens with one attached hydrogen (secondary N) is 3. The van der Waals surface area contributed by atoms with Crippen molar-refractivity contribution in [2.45, 2.75) is 25.1 Å². The highest BCUT2D eigenvalue weighted by atomic mass is 19.4. The number of halogens is 3. The molecule has 1 saturated carbocycles. The molecule has 3 N–H and O–H groups in total. The van der Waals surface area contributed by atoms with E-state index in [1.54, 1.807) is 0 Å². The maximum absolute atomic E-state index is 12.7. The van der Waals surface area contributed by atoms with E-state index in [2.05, 4.69) is 16.0 Å². The highest BCUT2D eigenvalue weighted by Gasteiger charge is 2.33. The topological polar surface area (TPSA) is 53.2 Å². The third kappa shape index (κ3) is 4.41. The van der Waals surface area contributed by atoms with Crippen molar-refractivity contribution in [3.8, 4) is 0 Å². The van der Waals surface area contributed by atoms with Gasteiger partial charge in [0, 0.05) is 19.1 Å². The van der Waals surface area contributed by atoms with Crippen molar-refractivity contribution in [2.75, 3.05) is 18.4 Å². The summed E-state index contributed by atoms with van der Waals surface area (Å²) in [7, 11) is 0. The van der Waals surface area contributed by atoms with Crippen LogP contribution in [0.2, 0.25) is 0 Å². The monoisotopic (exact) mass is 287 g/mol. The molecular formula is C13H16F3N3O. The number of carbonyl (C=O) groups is 1. The molecule has 1 fully saturated rings. The van der Waals surface area contributed by atoms with E-state index >= 15 is 0 Å². The molecule has 0 atom stereocenters. The second-order valence-electron chi connectivity index (χ2n) is 4.65. The Kier molecular flexibility index (Phi) is 4.49. The fourth-order valence-electron chi connectivity index (χ4n) is 1.75. The average molecular weight is 287 g/mol. The van der Waals surface area contributed by atoms with Crippen molar-refractivity contribution in [1.29, 1.82) is 0 Å². The first-order valence-electron chi connectivity index (χ1n) is 6.41. The molecule has 7 heteroatoms. The van der Waals surface area contributed by atoms with Gasteiger partial charge in [-0.25, -0.2) is 4.79 Å². The number of rotatable bonds is 5. The molecule has 1 aromatic rings. The van der Waals surface area contributed by atoms with E-state index in [4.69, 9.17) is 0 Å². The zero-order valence-electron chi connectivity index (χ0n) is 10.8. The van der Waals surface area contributed by atoms with Crippen LogP contribution in [0.3, 0.4) is 0 Å². The van der Waals surface area contributed by atoms with Gasteiger partial charge in [-0.2, -0.15) is 13.2 Å². The van der Waals surface area contributed by atoms with Crippen molar-refractivity contribution < 1.29 is 18.0 Å². The first-order chi connectivity index (χ1) is 9.47. The highest BCUT2D eigenvalue weighted by Crippen LogP contribution is 2.34. The Hall–Kier alpha value is -1.76. The van der Waals surface area contributed by atoms with Gasteiger partial charge in [0.2, 0.25) is 0 Å². The van der Waals surface area contributed by atoms with Crippen molar-refractivity contribution in [3.63, 3.8) is 0 Å². The standard InChI is InChI=1S/C13H16F3N3O/c14-13(15,16)10-3-1-2-4-11(10)19-12(20)18-8-7-17-9-5-6-9/h1-4,9,17H,5-8H2,(H2,18,19,20). The Morgan fingerprint density at radius 2 is 1.90 bits per heavy atom. The third-order valence-electron chi connectivity index (χ3n) is 2.90. The van der Waals surface area contributed by atoms with E-state index in [1.165, 1.54) is 18.2 Å². The molecule has 0 radical (unpaired) electrons. The molecule has 1 aliphatic carbocycles. The van der Waals surface area contributed by atoms with Crippen molar-refractivity contribution in [2.24, 2.45) is 0 Å². The van der Waals surface area contributed by atoms with E-state index < -0.39 is 17.8 Å². The Morgan fingerprint density at radius 1 is 1.20 bits per heavy atom. The fraction of sp³-hybridized carbons (Fsp3) is 0.462. The number of carbonyl (C=O) groups excluding carboxylic acids is 1. The van der Waals surface area contributed by atoms with Crippen LogP contribution in [-0.2, 0) is 6.18 Å². The lowest BCUT2D eigenvalue weighted by Crippen LogP contribution is -2.35. The molecular weight excluding hydrogens is 271 g/mol. The van der Waals surface area contributed by atoms with Crippen LogP contribution in [0, 0.1) is 0 Å². The highest BCUT2D eigenvalue weighted by molar-refractivity contribution is 5.90.